The van der Waals surface area contributed by atoms with Crippen LogP contribution < -0.4 is 0 Å². The highest BCUT2D eigenvalue weighted by Crippen LogP contribution is 2.25. The van der Waals surface area contributed by atoms with Gasteiger partial charge in [-0.25, -0.2) is 4.98 Å². The van der Waals surface area contributed by atoms with Crippen molar-refractivity contribution in [2.75, 3.05) is 0 Å². The Labute approximate surface area is 108 Å². The molecule has 0 saturated heterocycles. The molecule has 2 aromatic heterocycles. The molecule has 0 saturated carbocycles. The molecule has 0 atom stereocenters. The summed E-state index contributed by atoms with van der Waals surface area (Å²) in [6.45, 7) is 0. The maximum absolute atomic E-state index is 11.7. The van der Waals surface area contributed by atoms with E-state index in [4.69, 9.17) is 9.68 Å². The van der Waals surface area contributed by atoms with E-state index in [1.54, 1.807) is 36.4 Å². The maximum Gasteiger partial charge on any atom is 0.262 e. The van der Waals surface area contributed by atoms with Crippen LogP contribution in [0.2, 0.25) is 0 Å². The van der Waals surface area contributed by atoms with Crippen molar-refractivity contribution >= 4 is 16.7 Å². The Balaban J connectivity index is 2.33. The summed E-state index contributed by atoms with van der Waals surface area (Å²) in [4.78, 5) is 16.2. The first-order valence-electron chi connectivity index (χ1n) is 5.67. The number of carbonyl (C=O) groups excluding carboxylic acids is 1. The average Bonchev–Trinajstić information content (AvgIpc) is 2.99. The fourth-order valence-corrected chi connectivity index (χ4v) is 1.97. The SMILES string of the molecule is N#CC(=O)c1cc(-c2ccco2)nc2ccccc12. The van der Waals surface area contributed by atoms with Crippen molar-refractivity contribution in [1.82, 2.24) is 4.98 Å². The van der Waals surface area contributed by atoms with Crippen molar-refractivity contribution < 1.29 is 9.21 Å². The van der Waals surface area contributed by atoms with E-state index in [0.717, 1.165) is 0 Å². The molecule has 1 aromatic carbocycles. The summed E-state index contributed by atoms with van der Waals surface area (Å²) in [6, 6.07) is 14.0. The van der Waals surface area contributed by atoms with Gasteiger partial charge in [-0.3, -0.25) is 4.79 Å². The molecule has 0 unspecified atom stereocenters. The summed E-state index contributed by atoms with van der Waals surface area (Å²) in [6.07, 6.45) is 1.54. The fraction of sp³-hybridized carbons (Fsp3) is 0. The van der Waals surface area contributed by atoms with E-state index >= 15 is 0 Å². The van der Waals surface area contributed by atoms with E-state index in [2.05, 4.69) is 4.98 Å². The molecule has 90 valence electrons. The van der Waals surface area contributed by atoms with Gasteiger partial charge in [0.25, 0.3) is 5.78 Å². The third-order valence-electron chi connectivity index (χ3n) is 2.84. The predicted octanol–water partition coefficient (Wildman–Crippen LogP) is 3.20. The van der Waals surface area contributed by atoms with Crippen LogP contribution in [0.25, 0.3) is 22.4 Å². The van der Waals surface area contributed by atoms with E-state index in [-0.39, 0.29) is 0 Å². The number of carbonyl (C=O) groups is 1. The Kier molecular flexibility index (Phi) is 2.58. The number of hydrogen-bond donors (Lipinski definition) is 0. The molecule has 0 aliphatic heterocycles. The molecular weight excluding hydrogens is 240 g/mol. The van der Waals surface area contributed by atoms with Gasteiger partial charge in [0, 0.05) is 10.9 Å². The molecule has 4 nitrogen and oxygen atoms in total. The Hall–Kier alpha value is -2.93. The second-order valence-corrected chi connectivity index (χ2v) is 3.99. The van der Waals surface area contributed by atoms with Crippen LogP contribution in [0.15, 0.2) is 53.1 Å². The second kappa shape index (κ2) is 4.39. The van der Waals surface area contributed by atoms with Crippen LogP contribution >= 0.6 is 0 Å². The van der Waals surface area contributed by atoms with Gasteiger partial charge in [0.15, 0.2) is 5.76 Å². The van der Waals surface area contributed by atoms with E-state index in [1.165, 1.54) is 6.26 Å². The zero-order valence-electron chi connectivity index (χ0n) is 9.83. The summed E-state index contributed by atoms with van der Waals surface area (Å²) in [7, 11) is 0. The number of hydrogen-bond acceptors (Lipinski definition) is 4. The van der Waals surface area contributed by atoms with Crippen LogP contribution in [-0.2, 0) is 0 Å². The van der Waals surface area contributed by atoms with Gasteiger partial charge in [-0.15, -0.1) is 0 Å². The number of benzene rings is 1. The van der Waals surface area contributed by atoms with Gasteiger partial charge in [0.05, 0.1) is 11.8 Å². The average molecular weight is 248 g/mol. The Morgan fingerprint density at radius 2 is 2.05 bits per heavy atom. The minimum atomic E-state index is -0.577. The van der Waals surface area contributed by atoms with Crippen LogP contribution in [0.5, 0.6) is 0 Å². The standard InChI is InChI=1S/C15H8N2O2/c16-9-14(18)11-8-13(15-6-3-7-19-15)17-12-5-2-1-4-10(11)12/h1-8H. The first-order valence-corrected chi connectivity index (χ1v) is 5.67. The first-order chi connectivity index (χ1) is 9.29. The Bertz CT molecular complexity index is 799. The lowest BCUT2D eigenvalue weighted by Gasteiger charge is -2.04. The zero-order valence-corrected chi connectivity index (χ0v) is 9.83. The van der Waals surface area contributed by atoms with Crippen LogP contribution in [0.3, 0.4) is 0 Å². The zero-order chi connectivity index (χ0) is 13.2. The first kappa shape index (κ1) is 11.2. The van der Waals surface area contributed by atoms with Crippen LogP contribution in [0, 0.1) is 11.3 Å². The molecule has 3 aromatic rings. The molecule has 0 fully saturated rings. The number of furan rings is 1. The van der Waals surface area contributed by atoms with Crippen molar-refractivity contribution in [3.8, 4) is 17.5 Å². The van der Waals surface area contributed by atoms with Gasteiger partial charge in [-0.05, 0) is 24.3 Å². The molecule has 0 bridgehead atoms. The lowest BCUT2D eigenvalue weighted by atomic mass is 10.0. The quantitative estimate of drug-likeness (QED) is 0.516. The second-order valence-electron chi connectivity index (χ2n) is 3.99. The largest absolute Gasteiger partial charge is 0.463 e. The van der Waals surface area contributed by atoms with Crippen LogP contribution in [0.1, 0.15) is 10.4 Å². The summed E-state index contributed by atoms with van der Waals surface area (Å²) >= 11 is 0. The molecule has 2 heterocycles. The Morgan fingerprint density at radius 3 is 2.79 bits per heavy atom. The number of rotatable bonds is 2. The van der Waals surface area contributed by atoms with Crippen molar-refractivity contribution in [3.05, 3.63) is 54.3 Å². The molecule has 0 amide bonds. The Morgan fingerprint density at radius 1 is 1.21 bits per heavy atom. The predicted molar refractivity (Wildman–Crippen MR) is 69.4 cm³/mol. The van der Waals surface area contributed by atoms with E-state index < -0.39 is 5.78 Å². The van der Waals surface area contributed by atoms with Gasteiger partial charge >= 0.3 is 0 Å². The number of Topliss-reactive ketones (excluding diaryl/α,β-unsaturated/α-hetero) is 1. The third-order valence-corrected chi connectivity index (χ3v) is 2.84. The number of ketones is 1. The number of para-hydroxylation sites is 1. The lowest BCUT2D eigenvalue weighted by Crippen LogP contribution is -1.98. The van der Waals surface area contributed by atoms with Crippen molar-refractivity contribution in [2.45, 2.75) is 0 Å². The van der Waals surface area contributed by atoms with Gasteiger partial charge < -0.3 is 4.42 Å². The number of nitrogens with zero attached hydrogens (tertiary/aromatic N) is 2. The topological polar surface area (TPSA) is 66.9 Å². The van der Waals surface area contributed by atoms with Gasteiger partial charge in [-0.1, -0.05) is 18.2 Å². The molecule has 4 heteroatoms. The number of pyridine rings is 1. The number of fused-ring (bicyclic) bond motifs is 1. The van der Waals surface area contributed by atoms with Crippen LogP contribution in [-0.4, -0.2) is 10.8 Å². The minimum Gasteiger partial charge on any atom is -0.463 e. The smallest absolute Gasteiger partial charge is 0.262 e. The highest BCUT2D eigenvalue weighted by molar-refractivity contribution is 6.15. The van der Waals surface area contributed by atoms with Crippen molar-refractivity contribution in [2.24, 2.45) is 0 Å². The fourth-order valence-electron chi connectivity index (χ4n) is 1.97. The molecular formula is C15H8N2O2. The minimum absolute atomic E-state index is 0.347. The molecule has 0 N–H and O–H groups in total. The van der Waals surface area contributed by atoms with Gasteiger partial charge in [0.1, 0.15) is 11.8 Å². The molecule has 0 radical (unpaired) electrons. The molecule has 3 rings (SSSR count). The monoisotopic (exact) mass is 248 g/mol. The van der Waals surface area contributed by atoms with E-state index in [9.17, 15) is 4.79 Å². The van der Waals surface area contributed by atoms with Gasteiger partial charge in [0.2, 0.25) is 0 Å². The van der Waals surface area contributed by atoms with Crippen LogP contribution in [0.4, 0.5) is 0 Å². The normalized spacial score (nSPS) is 10.3. The van der Waals surface area contributed by atoms with Crippen molar-refractivity contribution in [3.63, 3.8) is 0 Å². The van der Waals surface area contributed by atoms with Gasteiger partial charge in [-0.2, -0.15) is 5.26 Å². The van der Waals surface area contributed by atoms with Crippen molar-refractivity contribution in [1.29, 1.82) is 5.26 Å². The van der Waals surface area contributed by atoms with E-state index in [1.807, 2.05) is 12.1 Å². The lowest BCUT2D eigenvalue weighted by molar-refractivity contribution is 0.105. The highest BCUT2D eigenvalue weighted by Gasteiger charge is 2.14. The number of aromatic nitrogens is 1. The maximum atomic E-state index is 11.7. The molecule has 19 heavy (non-hydrogen) atoms. The molecule has 0 spiro atoms. The summed E-state index contributed by atoms with van der Waals surface area (Å²) < 4.78 is 5.28. The molecule has 0 aliphatic rings. The number of nitriles is 1. The summed E-state index contributed by atoms with van der Waals surface area (Å²) in [5.74, 6) is -0.0100. The summed E-state index contributed by atoms with van der Waals surface area (Å²) in [5.41, 5.74) is 1.55. The summed E-state index contributed by atoms with van der Waals surface area (Å²) in [5, 5.41) is 9.50. The molecule has 0 aliphatic carbocycles. The highest BCUT2D eigenvalue weighted by atomic mass is 16.3. The van der Waals surface area contributed by atoms with E-state index in [0.29, 0.717) is 27.9 Å². The third kappa shape index (κ3) is 1.87.